The molecule has 3 rings (SSSR count). The minimum Gasteiger partial charge on any atom is -0.460 e. The van der Waals surface area contributed by atoms with Crippen LogP contribution in [0.4, 0.5) is 0 Å². The van der Waals surface area contributed by atoms with Gasteiger partial charge in [-0.2, -0.15) is 0 Å². The van der Waals surface area contributed by atoms with Crippen LogP contribution in [0.5, 0.6) is 0 Å². The predicted molar refractivity (Wildman–Crippen MR) is 106 cm³/mol. The SMILES string of the molecule is Cc1ccc(C[NH+](C)[C@H](C)C(=O)NC(c2ccccc2)c2ccccc2)o1. The van der Waals surface area contributed by atoms with E-state index in [-0.39, 0.29) is 18.0 Å². The molecule has 0 saturated heterocycles. The molecule has 0 aliphatic heterocycles. The maximum Gasteiger partial charge on any atom is 0.278 e. The Balaban J connectivity index is 1.73. The van der Waals surface area contributed by atoms with Crippen LogP contribution >= 0.6 is 0 Å². The molecule has 2 aromatic carbocycles. The highest BCUT2D eigenvalue weighted by molar-refractivity contribution is 5.80. The lowest BCUT2D eigenvalue weighted by atomic mass is 9.98. The van der Waals surface area contributed by atoms with Gasteiger partial charge < -0.3 is 14.6 Å². The van der Waals surface area contributed by atoms with Crippen LogP contribution in [-0.2, 0) is 11.3 Å². The molecule has 1 unspecified atom stereocenters. The lowest BCUT2D eigenvalue weighted by Gasteiger charge is -2.25. The third-order valence-corrected chi connectivity index (χ3v) is 4.93. The third kappa shape index (κ3) is 4.86. The van der Waals surface area contributed by atoms with Crippen molar-refractivity contribution in [3.63, 3.8) is 0 Å². The lowest BCUT2D eigenvalue weighted by molar-refractivity contribution is -0.909. The predicted octanol–water partition coefficient (Wildman–Crippen LogP) is 2.90. The Morgan fingerprint density at radius 2 is 1.52 bits per heavy atom. The van der Waals surface area contributed by atoms with Crippen LogP contribution in [0.15, 0.2) is 77.2 Å². The third-order valence-electron chi connectivity index (χ3n) is 4.93. The van der Waals surface area contributed by atoms with Crippen molar-refractivity contribution < 1.29 is 14.1 Å². The number of aryl methyl sites for hydroxylation is 1. The average Bonchev–Trinajstić information content (AvgIpc) is 3.11. The molecule has 4 heteroatoms. The van der Waals surface area contributed by atoms with Crippen LogP contribution in [0.3, 0.4) is 0 Å². The molecular weight excluding hydrogens is 336 g/mol. The van der Waals surface area contributed by atoms with E-state index in [1.54, 1.807) is 0 Å². The molecular formula is C23H27N2O2+. The highest BCUT2D eigenvalue weighted by Crippen LogP contribution is 2.21. The summed E-state index contributed by atoms with van der Waals surface area (Å²) < 4.78 is 5.65. The number of carbonyl (C=O) groups excluding carboxylic acids is 1. The van der Waals surface area contributed by atoms with Gasteiger partial charge in [-0.15, -0.1) is 0 Å². The number of carbonyl (C=O) groups is 1. The fourth-order valence-corrected chi connectivity index (χ4v) is 3.15. The van der Waals surface area contributed by atoms with Crippen molar-refractivity contribution in [3.8, 4) is 0 Å². The van der Waals surface area contributed by atoms with Crippen molar-refractivity contribution in [3.05, 3.63) is 95.4 Å². The molecule has 4 nitrogen and oxygen atoms in total. The van der Waals surface area contributed by atoms with E-state index in [9.17, 15) is 4.79 Å². The highest BCUT2D eigenvalue weighted by atomic mass is 16.3. The first-order chi connectivity index (χ1) is 13.0. The second kappa shape index (κ2) is 8.69. The minimum absolute atomic E-state index is 0.0217. The Morgan fingerprint density at radius 1 is 0.963 bits per heavy atom. The van der Waals surface area contributed by atoms with Gasteiger partial charge in [-0.25, -0.2) is 0 Å². The summed E-state index contributed by atoms with van der Waals surface area (Å²) in [7, 11) is 2.02. The molecule has 1 amide bonds. The van der Waals surface area contributed by atoms with Crippen molar-refractivity contribution in [2.75, 3.05) is 7.05 Å². The smallest absolute Gasteiger partial charge is 0.278 e. The van der Waals surface area contributed by atoms with E-state index in [0.29, 0.717) is 6.54 Å². The van der Waals surface area contributed by atoms with Crippen LogP contribution < -0.4 is 10.2 Å². The van der Waals surface area contributed by atoms with E-state index in [0.717, 1.165) is 27.5 Å². The number of nitrogens with one attached hydrogen (secondary N) is 2. The Labute approximate surface area is 160 Å². The second-order valence-electron chi connectivity index (χ2n) is 7.02. The molecule has 0 fully saturated rings. The van der Waals surface area contributed by atoms with Crippen molar-refractivity contribution in [2.24, 2.45) is 0 Å². The van der Waals surface area contributed by atoms with Crippen LogP contribution in [0, 0.1) is 6.92 Å². The van der Waals surface area contributed by atoms with Crippen molar-refractivity contribution in [2.45, 2.75) is 32.5 Å². The number of rotatable bonds is 7. The normalized spacial score (nSPS) is 13.3. The summed E-state index contributed by atoms with van der Waals surface area (Å²) >= 11 is 0. The molecule has 1 aromatic heterocycles. The maximum absolute atomic E-state index is 13.0. The number of benzene rings is 2. The second-order valence-corrected chi connectivity index (χ2v) is 7.02. The molecule has 0 aliphatic carbocycles. The number of amides is 1. The summed E-state index contributed by atoms with van der Waals surface area (Å²) in [6.07, 6.45) is 0. The zero-order valence-corrected chi connectivity index (χ0v) is 16.1. The van der Waals surface area contributed by atoms with Gasteiger partial charge >= 0.3 is 0 Å². The lowest BCUT2D eigenvalue weighted by Crippen LogP contribution is -3.12. The standard InChI is InChI=1S/C23H26N2O2/c1-17-14-15-21(27-17)16-25(3)18(2)23(26)24-22(19-10-6-4-7-11-19)20-12-8-5-9-13-20/h4-15,18,22H,16H2,1-3H3,(H,24,26)/p+1/t18-/m1/s1. The molecule has 140 valence electrons. The van der Waals surface area contributed by atoms with E-state index in [1.807, 2.05) is 93.7 Å². The zero-order chi connectivity index (χ0) is 19.2. The summed E-state index contributed by atoms with van der Waals surface area (Å²) in [4.78, 5) is 14.1. The van der Waals surface area contributed by atoms with E-state index in [4.69, 9.17) is 4.42 Å². The first-order valence-electron chi connectivity index (χ1n) is 9.32. The first-order valence-corrected chi connectivity index (χ1v) is 9.32. The number of furan rings is 1. The minimum atomic E-state index is -0.203. The summed E-state index contributed by atoms with van der Waals surface area (Å²) in [6.45, 7) is 4.55. The van der Waals surface area contributed by atoms with E-state index in [1.165, 1.54) is 0 Å². The summed E-state index contributed by atoms with van der Waals surface area (Å²) in [5.74, 6) is 1.81. The quantitative estimate of drug-likeness (QED) is 0.678. The van der Waals surface area contributed by atoms with Gasteiger partial charge in [0.1, 0.15) is 12.3 Å². The number of hydrogen-bond acceptors (Lipinski definition) is 2. The molecule has 27 heavy (non-hydrogen) atoms. The van der Waals surface area contributed by atoms with Crippen molar-refractivity contribution in [1.29, 1.82) is 0 Å². The van der Waals surface area contributed by atoms with Gasteiger partial charge in [-0.05, 0) is 37.1 Å². The van der Waals surface area contributed by atoms with Gasteiger partial charge in [0.05, 0.1) is 13.1 Å². The monoisotopic (exact) mass is 363 g/mol. The largest absolute Gasteiger partial charge is 0.460 e. The molecule has 0 radical (unpaired) electrons. The molecule has 0 saturated carbocycles. The van der Waals surface area contributed by atoms with Gasteiger partial charge in [0.25, 0.3) is 5.91 Å². The number of hydrogen-bond donors (Lipinski definition) is 2. The highest BCUT2D eigenvalue weighted by Gasteiger charge is 2.26. The Bertz CT molecular complexity index is 819. The summed E-state index contributed by atoms with van der Waals surface area (Å²) in [6, 6.07) is 23.7. The molecule has 0 aliphatic rings. The van der Waals surface area contributed by atoms with E-state index >= 15 is 0 Å². The summed E-state index contributed by atoms with van der Waals surface area (Å²) in [5, 5.41) is 3.23. The van der Waals surface area contributed by atoms with Crippen LogP contribution in [-0.4, -0.2) is 19.0 Å². The fourth-order valence-electron chi connectivity index (χ4n) is 3.15. The van der Waals surface area contributed by atoms with Crippen LogP contribution in [0.1, 0.15) is 35.6 Å². The fraction of sp³-hybridized carbons (Fsp3) is 0.261. The van der Waals surface area contributed by atoms with Crippen molar-refractivity contribution >= 4 is 5.91 Å². The van der Waals surface area contributed by atoms with Gasteiger partial charge in [-0.3, -0.25) is 4.79 Å². The molecule has 0 bridgehead atoms. The Kier molecular flexibility index (Phi) is 6.09. The Hall–Kier alpha value is -2.85. The van der Waals surface area contributed by atoms with Crippen LogP contribution in [0.25, 0.3) is 0 Å². The van der Waals surface area contributed by atoms with Gasteiger partial charge in [0.2, 0.25) is 0 Å². The van der Waals surface area contributed by atoms with E-state index in [2.05, 4.69) is 5.32 Å². The van der Waals surface area contributed by atoms with Gasteiger partial charge in [0.15, 0.2) is 11.8 Å². The molecule has 2 N–H and O–H groups in total. The summed E-state index contributed by atoms with van der Waals surface area (Å²) in [5.41, 5.74) is 2.15. The van der Waals surface area contributed by atoms with Crippen LogP contribution in [0.2, 0.25) is 0 Å². The molecule has 1 heterocycles. The number of quaternary nitrogens is 1. The Morgan fingerprint density at radius 3 is 2.00 bits per heavy atom. The van der Waals surface area contributed by atoms with Gasteiger partial charge in [-0.1, -0.05) is 60.7 Å². The molecule has 3 aromatic rings. The van der Waals surface area contributed by atoms with E-state index < -0.39 is 0 Å². The topological polar surface area (TPSA) is 46.7 Å². The average molecular weight is 363 g/mol. The molecule has 2 atom stereocenters. The molecule has 0 spiro atoms. The van der Waals surface area contributed by atoms with Crippen molar-refractivity contribution in [1.82, 2.24) is 5.32 Å². The number of likely N-dealkylation sites (N-methyl/N-ethyl adjacent to an activating group) is 1. The first kappa shape index (κ1) is 18.9. The van der Waals surface area contributed by atoms with Gasteiger partial charge in [0, 0.05) is 0 Å². The maximum atomic E-state index is 13.0. The zero-order valence-electron chi connectivity index (χ0n) is 16.1.